The first kappa shape index (κ1) is 17.8. The van der Waals surface area contributed by atoms with E-state index in [1.807, 2.05) is 48.5 Å². The number of fused-ring (bicyclic) bond motifs is 1. The number of aliphatic hydroxyl groups excluding tert-OH is 1. The summed E-state index contributed by atoms with van der Waals surface area (Å²) in [6.07, 6.45) is 5.65. The molecule has 0 spiro atoms. The molecule has 0 aliphatic heterocycles. The van der Waals surface area contributed by atoms with Crippen LogP contribution in [0.4, 0.5) is 0 Å². The number of hydrogen-bond donors (Lipinski definition) is 1. The zero-order valence-corrected chi connectivity index (χ0v) is 15.6. The van der Waals surface area contributed by atoms with Crippen molar-refractivity contribution in [1.29, 1.82) is 0 Å². The lowest BCUT2D eigenvalue weighted by molar-refractivity contribution is 0.0915. The highest BCUT2D eigenvalue weighted by molar-refractivity contribution is 5.76. The lowest BCUT2D eigenvalue weighted by Gasteiger charge is -2.26. The van der Waals surface area contributed by atoms with Crippen molar-refractivity contribution in [2.45, 2.75) is 44.2 Å². The van der Waals surface area contributed by atoms with Gasteiger partial charge in [0.05, 0.1) is 17.6 Å². The zero-order valence-electron chi connectivity index (χ0n) is 15.6. The third kappa shape index (κ3) is 3.76. The average Bonchev–Trinajstić information content (AvgIpc) is 2.98. The summed E-state index contributed by atoms with van der Waals surface area (Å²) in [7, 11) is 0. The highest BCUT2D eigenvalue weighted by Gasteiger charge is 2.26. The first-order chi connectivity index (χ1) is 13.3. The quantitative estimate of drug-likeness (QED) is 0.601. The van der Waals surface area contributed by atoms with Crippen LogP contribution in [0.25, 0.3) is 11.0 Å². The molecule has 2 aromatic carbocycles. The molecule has 3 aromatic rings. The Bertz CT molecular complexity index is 927. The Morgan fingerprint density at radius 1 is 1.19 bits per heavy atom. The minimum Gasteiger partial charge on any atom is -0.491 e. The van der Waals surface area contributed by atoms with E-state index in [-0.39, 0.29) is 6.61 Å². The van der Waals surface area contributed by atoms with Crippen LogP contribution in [0.5, 0.6) is 5.75 Å². The molecule has 0 saturated heterocycles. The van der Waals surface area contributed by atoms with Crippen LogP contribution in [-0.2, 0) is 13.0 Å². The number of hydrogen-bond acceptors (Lipinski definition) is 3. The van der Waals surface area contributed by atoms with Gasteiger partial charge in [0.2, 0.25) is 0 Å². The summed E-state index contributed by atoms with van der Waals surface area (Å²) >= 11 is 0. The number of allylic oxidation sites excluding steroid dienone is 1. The fourth-order valence-corrected chi connectivity index (χ4v) is 3.68. The summed E-state index contributed by atoms with van der Waals surface area (Å²) < 4.78 is 8.10. The van der Waals surface area contributed by atoms with Gasteiger partial charge in [0.1, 0.15) is 24.3 Å². The van der Waals surface area contributed by atoms with Gasteiger partial charge in [-0.25, -0.2) is 4.98 Å². The molecule has 1 saturated carbocycles. The van der Waals surface area contributed by atoms with E-state index in [1.54, 1.807) is 0 Å². The molecule has 1 fully saturated rings. The van der Waals surface area contributed by atoms with Gasteiger partial charge in [-0.05, 0) is 43.0 Å². The van der Waals surface area contributed by atoms with E-state index in [1.165, 1.54) is 19.3 Å². The molecule has 0 radical (unpaired) electrons. The number of ether oxygens (including phenoxy) is 1. The van der Waals surface area contributed by atoms with Gasteiger partial charge in [-0.2, -0.15) is 0 Å². The Morgan fingerprint density at radius 3 is 2.74 bits per heavy atom. The number of nitrogens with zero attached hydrogens (tertiary/aromatic N) is 2. The van der Waals surface area contributed by atoms with E-state index in [9.17, 15) is 5.11 Å². The molecular weight excluding hydrogens is 336 g/mol. The number of aliphatic hydroxyl groups is 1. The smallest absolute Gasteiger partial charge is 0.122 e. The molecule has 0 amide bonds. The molecule has 1 N–H and O–H groups in total. The SMILES string of the molecule is C=CCc1ccccc1OCC(O)Cn1c(C2CCC2)nc2ccccc21. The number of aromatic nitrogens is 2. The summed E-state index contributed by atoms with van der Waals surface area (Å²) in [5, 5.41) is 10.7. The third-order valence-electron chi connectivity index (χ3n) is 5.32. The van der Waals surface area contributed by atoms with E-state index in [0.717, 1.165) is 34.6 Å². The van der Waals surface area contributed by atoms with Gasteiger partial charge in [-0.3, -0.25) is 0 Å². The molecule has 1 aliphatic rings. The predicted molar refractivity (Wildman–Crippen MR) is 108 cm³/mol. The Hall–Kier alpha value is -2.59. The van der Waals surface area contributed by atoms with Crippen LogP contribution in [0.2, 0.25) is 0 Å². The van der Waals surface area contributed by atoms with Crippen molar-refractivity contribution in [2.24, 2.45) is 0 Å². The number of imidazole rings is 1. The molecule has 140 valence electrons. The second-order valence-corrected chi connectivity index (χ2v) is 7.26. The predicted octanol–water partition coefficient (Wildman–Crippen LogP) is 4.47. The molecule has 1 unspecified atom stereocenters. The van der Waals surface area contributed by atoms with Gasteiger partial charge in [0, 0.05) is 5.92 Å². The van der Waals surface area contributed by atoms with Gasteiger partial charge in [-0.1, -0.05) is 42.8 Å². The van der Waals surface area contributed by atoms with Gasteiger partial charge in [-0.15, -0.1) is 6.58 Å². The molecule has 1 atom stereocenters. The molecule has 4 heteroatoms. The Labute approximate surface area is 160 Å². The van der Waals surface area contributed by atoms with Crippen LogP contribution in [0, 0.1) is 0 Å². The van der Waals surface area contributed by atoms with Gasteiger partial charge in [0.15, 0.2) is 0 Å². The van der Waals surface area contributed by atoms with Crippen LogP contribution in [0.15, 0.2) is 61.2 Å². The number of rotatable bonds is 8. The highest BCUT2D eigenvalue weighted by Crippen LogP contribution is 2.37. The van der Waals surface area contributed by atoms with Crippen LogP contribution in [0.3, 0.4) is 0 Å². The lowest BCUT2D eigenvalue weighted by Crippen LogP contribution is -2.26. The van der Waals surface area contributed by atoms with E-state index in [0.29, 0.717) is 12.5 Å². The van der Waals surface area contributed by atoms with Crippen molar-refractivity contribution < 1.29 is 9.84 Å². The topological polar surface area (TPSA) is 47.3 Å². The second-order valence-electron chi connectivity index (χ2n) is 7.26. The van der Waals surface area contributed by atoms with Crippen LogP contribution in [0.1, 0.15) is 36.6 Å². The number of benzene rings is 2. The normalized spacial score (nSPS) is 15.4. The van der Waals surface area contributed by atoms with E-state index in [2.05, 4.69) is 17.2 Å². The van der Waals surface area contributed by atoms with E-state index < -0.39 is 6.10 Å². The minimum atomic E-state index is -0.599. The summed E-state index contributed by atoms with van der Waals surface area (Å²) in [6.45, 7) is 4.55. The lowest BCUT2D eigenvalue weighted by atomic mass is 9.85. The maximum Gasteiger partial charge on any atom is 0.122 e. The molecule has 4 nitrogen and oxygen atoms in total. The van der Waals surface area contributed by atoms with Crippen molar-refractivity contribution in [3.05, 3.63) is 72.6 Å². The fraction of sp³-hybridized carbons (Fsp3) is 0.348. The van der Waals surface area contributed by atoms with Crippen molar-refractivity contribution in [3.8, 4) is 5.75 Å². The van der Waals surface area contributed by atoms with Gasteiger partial charge in [0.25, 0.3) is 0 Å². The summed E-state index contributed by atoms with van der Waals surface area (Å²) in [5.74, 6) is 2.43. The second kappa shape index (κ2) is 7.97. The molecule has 4 rings (SSSR count). The van der Waals surface area contributed by atoms with Crippen molar-refractivity contribution >= 4 is 11.0 Å². The first-order valence-electron chi connectivity index (χ1n) is 9.71. The van der Waals surface area contributed by atoms with Crippen molar-refractivity contribution in [1.82, 2.24) is 9.55 Å². The third-order valence-corrected chi connectivity index (χ3v) is 5.32. The van der Waals surface area contributed by atoms with Gasteiger partial charge >= 0.3 is 0 Å². The van der Waals surface area contributed by atoms with Crippen LogP contribution >= 0.6 is 0 Å². The molecule has 27 heavy (non-hydrogen) atoms. The standard InChI is InChI=1S/C23H26N2O2/c1-2-8-17-9-3-6-14-22(17)27-16-19(26)15-25-21-13-5-4-12-20(21)24-23(25)18-10-7-11-18/h2-6,9,12-14,18-19,26H,1,7-8,10-11,15-16H2. The van der Waals surface area contributed by atoms with Crippen LogP contribution in [-0.4, -0.2) is 27.4 Å². The molecule has 1 aliphatic carbocycles. The summed E-state index contributed by atoms with van der Waals surface area (Å²) in [5.41, 5.74) is 3.18. The molecule has 1 aromatic heterocycles. The van der Waals surface area contributed by atoms with Crippen molar-refractivity contribution in [2.75, 3.05) is 6.61 Å². The maximum absolute atomic E-state index is 10.7. The van der Waals surface area contributed by atoms with Crippen LogP contribution < -0.4 is 4.74 Å². The van der Waals surface area contributed by atoms with E-state index >= 15 is 0 Å². The average molecular weight is 362 g/mol. The molecule has 1 heterocycles. The number of para-hydroxylation sites is 3. The maximum atomic E-state index is 10.7. The van der Waals surface area contributed by atoms with E-state index in [4.69, 9.17) is 9.72 Å². The monoisotopic (exact) mass is 362 g/mol. The Kier molecular flexibility index (Phi) is 5.26. The molecule has 0 bridgehead atoms. The zero-order chi connectivity index (χ0) is 18.6. The Balaban J connectivity index is 1.50. The van der Waals surface area contributed by atoms with Crippen molar-refractivity contribution in [3.63, 3.8) is 0 Å². The first-order valence-corrected chi connectivity index (χ1v) is 9.71. The fourth-order valence-electron chi connectivity index (χ4n) is 3.68. The Morgan fingerprint density at radius 2 is 1.96 bits per heavy atom. The largest absolute Gasteiger partial charge is 0.491 e. The summed E-state index contributed by atoms with van der Waals surface area (Å²) in [6, 6.07) is 16.1. The minimum absolute atomic E-state index is 0.255. The molecular formula is C23H26N2O2. The van der Waals surface area contributed by atoms with Gasteiger partial charge < -0.3 is 14.4 Å². The summed E-state index contributed by atoms with van der Waals surface area (Å²) in [4.78, 5) is 4.84. The highest BCUT2D eigenvalue weighted by atomic mass is 16.5.